The molecule has 1 aliphatic heterocycles. The number of fused-ring (bicyclic) bond motifs is 1. The molecular formula is C19H18ClN3O3S. The lowest BCUT2D eigenvalue weighted by molar-refractivity contribution is -0.136. The Hall–Kier alpha value is -2.22. The van der Waals surface area contributed by atoms with Gasteiger partial charge in [-0.2, -0.15) is 0 Å². The highest BCUT2D eigenvalue weighted by Crippen LogP contribution is 2.33. The molecule has 0 saturated carbocycles. The van der Waals surface area contributed by atoms with Crippen molar-refractivity contribution in [2.75, 3.05) is 13.1 Å². The molecule has 1 N–H and O–H groups in total. The lowest BCUT2D eigenvalue weighted by atomic mass is 9.84. The number of piperidine rings is 1. The zero-order chi connectivity index (χ0) is 19.0. The summed E-state index contributed by atoms with van der Waals surface area (Å²) in [6, 6.07) is 8.94. The molecule has 140 valence electrons. The summed E-state index contributed by atoms with van der Waals surface area (Å²) >= 11 is 7.24. The Morgan fingerprint density at radius 1 is 1.22 bits per heavy atom. The second kappa shape index (κ2) is 7.07. The van der Waals surface area contributed by atoms with Crippen LogP contribution in [0.1, 0.15) is 18.4 Å². The van der Waals surface area contributed by atoms with Crippen molar-refractivity contribution < 1.29 is 9.90 Å². The number of rotatable bonds is 3. The quantitative estimate of drug-likeness (QED) is 0.729. The normalized spacial score (nSPS) is 16.6. The van der Waals surface area contributed by atoms with E-state index in [4.69, 9.17) is 11.6 Å². The number of halogens is 1. The number of nitrogens with zero attached hydrogens (tertiary/aromatic N) is 3. The molecule has 0 bridgehead atoms. The summed E-state index contributed by atoms with van der Waals surface area (Å²) in [6.07, 6.45) is 2.30. The van der Waals surface area contributed by atoms with Gasteiger partial charge in [0.15, 0.2) is 0 Å². The summed E-state index contributed by atoms with van der Waals surface area (Å²) in [5.74, 6) is -0.145. The van der Waals surface area contributed by atoms with Gasteiger partial charge in [-0.3, -0.25) is 14.2 Å². The number of aliphatic hydroxyl groups is 1. The predicted octanol–water partition coefficient (Wildman–Crippen LogP) is 2.62. The smallest absolute Gasteiger partial charge is 0.271 e. The summed E-state index contributed by atoms with van der Waals surface area (Å²) in [6.45, 7) is 0.821. The summed E-state index contributed by atoms with van der Waals surface area (Å²) in [5, 5.41) is 13.4. The van der Waals surface area contributed by atoms with E-state index in [-0.39, 0.29) is 18.0 Å². The summed E-state index contributed by atoms with van der Waals surface area (Å²) in [5.41, 5.74) is 0.302. The molecule has 6 nitrogen and oxygen atoms in total. The monoisotopic (exact) mass is 403 g/mol. The van der Waals surface area contributed by atoms with E-state index in [1.54, 1.807) is 23.1 Å². The first-order chi connectivity index (χ1) is 13.0. The summed E-state index contributed by atoms with van der Waals surface area (Å²) < 4.78 is 1.90. The van der Waals surface area contributed by atoms with E-state index in [1.807, 2.05) is 17.5 Å². The lowest BCUT2D eigenvalue weighted by Gasteiger charge is -2.38. The minimum Gasteiger partial charge on any atom is -0.385 e. The highest BCUT2D eigenvalue weighted by molar-refractivity contribution is 7.17. The number of amides is 1. The molecule has 1 aromatic carbocycles. The third-order valence-electron chi connectivity index (χ3n) is 5.07. The molecule has 0 radical (unpaired) electrons. The van der Waals surface area contributed by atoms with Crippen molar-refractivity contribution in [3.8, 4) is 0 Å². The van der Waals surface area contributed by atoms with E-state index >= 15 is 0 Å². The molecule has 1 saturated heterocycles. The van der Waals surface area contributed by atoms with Gasteiger partial charge in [-0.25, -0.2) is 4.98 Å². The molecule has 27 heavy (non-hydrogen) atoms. The lowest BCUT2D eigenvalue weighted by Crippen LogP contribution is -2.46. The van der Waals surface area contributed by atoms with E-state index in [0.717, 1.165) is 5.56 Å². The van der Waals surface area contributed by atoms with Crippen molar-refractivity contribution in [2.45, 2.75) is 25.0 Å². The first-order valence-corrected chi connectivity index (χ1v) is 9.91. The number of thiophene rings is 1. The van der Waals surface area contributed by atoms with Crippen molar-refractivity contribution in [2.24, 2.45) is 0 Å². The van der Waals surface area contributed by atoms with Crippen LogP contribution < -0.4 is 5.56 Å². The molecule has 3 aromatic rings. The Morgan fingerprint density at radius 2 is 1.93 bits per heavy atom. The molecule has 1 aliphatic rings. The Morgan fingerprint density at radius 3 is 2.63 bits per heavy atom. The maximum atomic E-state index is 12.6. The predicted molar refractivity (Wildman–Crippen MR) is 105 cm³/mol. The zero-order valence-electron chi connectivity index (χ0n) is 14.5. The first-order valence-electron chi connectivity index (χ1n) is 8.65. The molecule has 2 aromatic heterocycles. The van der Waals surface area contributed by atoms with E-state index in [2.05, 4.69) is 4.98 Å². The van der Waals surface area contributed by atoms with Crippen molar-refractivity contribution in [1.29, 1.82) is 0 Å². The number of hydrogen-bond acceptors (Lipinski definition) is 5. The standard InChI is InChI=1S/C19H18ClN3O3S/c20-14-3-1-13(2-4-14)19(26)6-8-22(9-7-19)16(24)11-23-12-21-15-5-10-27-17(15)18(23)25/h1-5,10,12,26H,6-9,11H2. The Labute approximate surface area is 164 Å². The van der Waals surface area contributed by atoms with Crippen molar-refractivity contribution in [3.63, 3.8) is 0 Å². The maximum absolute atomic E-state index is 12.6. The van der Waals surface area contributed by atoms with Crippen LogP contribution in [0.2, 0.25) is 5.02 Å². The van der Waals surface area contributed by atoms with Gasteiger partial charge in [0, 0.05) is 18.1 Å². The first kappa shape index (κ1) is 18.2. The molecule has 1 amide bonds. The van der Waals surface area contributed by atoms with E-state index < -0.39 is 5.60 Å². The van der Waals surface area contributed by atoms with Crippen LogP contribution in [0.25, 0.3) is 10.2 Å². The highest BCUT2D eigenvalue weighted by Gasteiger charge is 2.35. The van der Waals surface area contributed by atoms with Crippen LogP contribution in [-0.2, 0) is 16.9 Å². The van der Waals surface area contributed by atoms with Crippen LogP contribution in [0.4, 0.5) is 0 Å². The maximum Gasteiger partial charge on any atom is 0.271 e. The third kappa shape index (κ3) is 3.50. The molecule has 0 spiro atoms. The van der Waals surface area contributed by atoms with Gasteiger partial charge in [-0.15, -0.1) is 11.3 Å². The molecule has 3 heterocycles. The van der Waals surface area contributed by atoms with Gasteiger partial charge >= 0.3 is 0 Å². The van der Waals surface area contributed by atoms with Crippen LogP contribution in [0.5, 0.6) is 0 Å². The van der Waals surface area contributed by atoms with Crippen LogP contribution in [-0.4, -0.2) is 38.6 Å². The van der Waals surface area contributed by atoms with Crippen molar-refractivity contribution in [3.05, 3.63) is 63.0 Å². The number of benzene rings is 1. The van der Waals surface area contributed by atoms with Gasteiger partial charge in [-0.1, -0.05) is 23.7 Å². The highest BCUT2D eigenvalue weighted by atomic mass is 35.5. The molecule has 8 heteroatoms. The summed E-state index contributed by atoms with van der Waals surface area (Å²) in [4.78, 5) is 31.0. The molecule has 0 atom stereocenters. The van der Waals surface area contributed by atoms with Crippen molar-refractivity contribution in [1.82, 2.24) is 14.5 Å². The Bertz CT molecular complexity index is 1040. The summed E-state index contributed by atoms with van der Waals surface area (Å²) in [7, 11) is 0. The molecule has 4 rings (SSSR count). The average Bonchev–Trinajstić information content (AvgIpc) is 3.14. The van der Waals surface area contributed by atoms with E-state index in [1.165, 1.54) is 22.2 Å². The number of aromatic nitrogens is 2. The van der Waals surface area contributed by atoms with Gasteiger partial charge in [0.05, 0.1) is 17.4 Å². The molecule has 0 aliphatic carbocycles. The van der Waals surface area contributed by atoms with Crippen molar-refractivity contribution >= 4 is 39.1 Å². The van der Waals surface area contributed by atoms with Gasteiger partial charge < -0.3 is 10.0 Å². The van der Waals surface area contributed by atoms with Crippen LogP contribution in [0.3, 0.4) is 0 Å². The molecule has 0 unspecified atom stereocenters. The van der Waals surface area contributed by atoms with Crippen LogP contribution in [0, 0.1) is 0 Å². The fourth-order valence-electron chi connectivity index (χ4n) is 3.41. The zero-order valence-corrected chi connectivity index (χ0v) is 16.0. The van der Waals surface area contributed by atoms with E-state index in [0.29, 0.717) is 41.2 Å². The number of likely N-dealkylation sites (tertiary alicyclic amines) is 1. The third-order valence-corrected chi connectivity index (χ3v) is 6.21. The van der Waals surface area contributed by atoms with Crippen LogP contribution >= 0.6 is 22.9 Å². The number of hydrogen-bond donors (Lipinski definition) is 1. The van der Waals surface area contributed by atoms with Gasteiger partial charge in [0.2, 0.25) is 5.91 Å². The second-order valence-electron chi connectivity index (χ2n) is 6.73. The SMILES string of the molecule is O=C(Cn1cnc2ccsc2c1=O)N1CCC(O)(c2ccc(Cl)cc2)CC1. The van der Waals surface area contributed by atoms with Gasteiger partial charge in [0.1, 0.15) is 11.2 Å². The fourth-order valence-corrected chi connectivity index (χ4v) is 4.33. The van der Waals surface area contributed by atoms with Crippen LogP contribution in [0.15, 0.2) is 46.8 Å². The number of carbonyl (C=O) groups excluding carboxylic acids is 1. The average molecular weight is 404 g/mol. The Kier molecular flexibility index (Phi) is 4.75. The van der Waals surface area contributed by atoms with E-state index in [9.17, 15) is 14.7 Å². The van der Waals surface area contributed by atoms with Gasteiger partial charge in [0.25, 0.3) is 5.56 Å². The largest absolute Gasteiger partial charge is 0.385 e. The Balaban J connectivity index is 1.44. The number of carbonyl (C=O) groups is 1. The fraction of sp³-hybridized carbons (Fsp3) is 0.316. The minimum absolute atomic E-state index is 0.0426. The molecule has 1 fully saturated rings. The van der Waals surface area contributed by atoms with Gasteiger partial charge in [-0.05, 0) is 42.0 Å². The topological polar surface area (TPSA) is 75.4 Å². The minimum atomic E-state index is -0.963. The molecular weight excluding hydrogens is 386 g/mol. The second-order valence-corrected chi connectivity index (χ2v) is 8.08.